The van der Waals surface area contributed by atoms with Crippen LogP contribution in [0.5, 0.6) is 0 Å². The molecule has 0 spiro atoms. The lowest BCUT2D eigenvalue weighted by Gasteiger charge is -2.10. The summed E-state index contributed by atoms with van der Waals surface area (Å²) in [6.45, 7) is 8.16. The number of terminal acetylenes is 1. The minimum atomic E-state index is -0.379. The molecule has 0 fully saturated rings. The van der Waals surface area contributed by atoms with Gasteiger partial charge in [-0.05, 0) is 30.2 Å². The van der Waals surface area contributed by atoms with Crippen molar-refractivity contribution in [2.24, 2.45) is 0 Å². The molecule has 0 atom stereocenters. The Labute approximate surface area is 179 Å². The van der Waals surface area contributed by atoms with Crippen LogP contribution in [0.1, 0.15) is 54.0 Å². The summed E-state index contributed by atoms with van der Waals surface area (Å²) in [4.78, 5) is 21.0. The van der Waals surface area contributed by atoms with E-state index in [-0.39, 0.29) is 17.1 Å². The number of aromatic nitrogens is 5. The van der Waals surface area contributed by atoms with E-state index in [1.807, 2.05) is 52.0 Å². The van der Waals surface area contributed by atoms with Gasteiger partial charge in [0.1, 0.15) is 6.33 Å². The molecule has 3 aromatic heterocycles. The Hall–Kier alpha value is -3.99. The molecule has 4 rings (SSSR count). The SMILES string of the molecule is C#Cc1cc2c(-c3ccc(CNC(=O)c4noc(C(C)(C)C)n4)c(C)c3)ncnn2c1. The number of carbonyl (C=O) groups excluding carboxylic acids is 1. The van der Waals surface area contributed by atoms with Crippen molar-refractivity contribution >= 4 is 11.4 Å². The van der Waals surface area contributed by atoms with Crippen LogP contribution in [0.4, 0.5) is 0 Å². The number of nitrogens with one attached hydrogen (secondary N) is 1. The van der Waals surface area contributed by atoms with E-state index >= 15 is 0 Å². The summed E-state index contributed by atoms with van der Waals surface area (Å²) in [6.07, 6.45) is 8.80. The van der Waals surface area contributed by atoms with Crippen molar-refractivity contribution in [2.75, 3.05) is 0 Å². The second kappa shape index (κ2) is 7.69. The molecule has 0 aliphatic heterocycles. The molecule has 0 aliphatic rings. The molecule has 3 heterocycles. The van der Waals surface area contributed by atoms with Crippen molar-refractivity contribution in [3.05, 3.63) is 65.2 Å². The summed E-state index contributed by atoms with van der Waals surface area (Å²) < 4.78 is 6.91. The van der Waals surface area contributed by atoms with Crippen molar-refractivity contribution in [1.82, 2.24) is 30.1 Å². The zero-order chi connectivity index (χ0) is 22.2. The van der Waals surface area contributed by atoms with Crippen molar-refractivity contribution in [1.29, 1.82) is 0 Å². The molecule has 0 radical (unpaired) electrons. The van der Waals surface area contributed by atoms with E-state index in [9.17, 15) is 4.79 Å². The summed E-state index contributed by atoms with van der Waals surface area (Å²) in [5, 5.41) is 10.8. The van der Waals surface area contributed by atoms with Crippen LogP contribution >= 0.6 is 0 Å². The van der Waals surface area contributed by atoms with Gasteiger partial charge in [-0.15, -0.1) is 6.42 Å². The number of fused-ring (bicyclic) bond motifs is 1. The van der Waals surface area contributed by atoms with Gasteiger partial charge in [0.15, 0.2) is 0 Å². The van der Waals surface area contributed by atoms with Crippen molar-refractivity contribution in [3.8, 4) is 23.6 Å². The van der Waals surface area contributed by atoms with Gasteiger partial charge >= 0.3 is 0 Å². The number of amides is 1. The monoisotopic (exact) mass is 414 g/mol. The van der Waals surface area contributed by atoms with E-state index in [0.717, 1.165) is 33.5 Å². The van der Waals surface area contributed by atoms with Gasteiger partial charge in [0.2, 0.25) is 5.89 Å². The predicted octanol–water partition coefficient (Wildman–Crippen LogP) is 3.30. The van der Waals surface area contributed by atoms with Crippen LogP contribution in [0.25, 0.3) is 16.8 Å². The molecule has 0 unspecified atom stereocenters. The Bertz CT molecular complexity index is 1320. The van der Waals surface area contributed by atoms with E-state index in [2.05, 4.69) is 31.5 Å². The van der Waals surface area contributed by atoms with Gasteiger partial charge in [0.25, 0.3) is 11.7 Å². The molecule has 31 heavy (non-hydrogen) atoms. The Morgan fingerprint density at radius 2 is 2.10 bits per heavy atom. The van der Waals surface area contributed by atoms with E-state index < -0.39 is 0 Å². The van der Waals surface area contributed by atoms with Crippen molar-refractivity contribution in [2.45, 2.75) is 39.7 Å². The molecule has 0 bridgehead atoms. The smallest absolute Gasteiger partial charge is 0.292 e. The third kappa shape index (κ3) is 4.03. The first kappa shape index (κ1) is 20.3. The molecular weight excluding hydrogens is 392 g/mol. The van der Waals surface area contributed by atoms with E-state index in [1.54, 1.807) is 10.7 Å². The Balaban J connectivity index is 1.52. The predicted molar refractivity (Wildman–Crippen MR) is 115 cm³/mol. The summed E-state index contributed by atoms with van der Waals surface area (Å²) in [5.41, 5.74) is 4.98. The molecule has 156 valence electrons. The number of hydrogen-bond acceptors (Lipinski definition) is 6. The molecule has 4 aromatic rings. The third-order valence-corrected chi connectivity index (χ3v) is 4.90. The van der Waals surface area contributed by atoms with Crippen LogP contribution in [0.2, 0.25) is 0 Å². The van der Waals surface area contributed by atoms with Gasteiger partial charge in [-0.2, -0.15) is 10.1 Å². The van der Waals surface area contributed by atoms with Crippen molar-refractivity contribution < 1.29 is 9.32 Å². The first-order valence-corrected chi connectivity index (χ1v) is 9.78. The minimum absolute atomic E-state index is 0.0279. The zero-order valence-electron chi connectivity index (χ0n) is 17.8. The number of nitrogens with zero attached hydrogens (tertiary/aromatic N) is 5. The van der Waals surface area contributed by atoms with Gasteiger partial charge in [0, 0.05) is 29.3 Å². The third-order valence-electron chi connectivity index (χ3n) is 4.90. The number of rotatable bonds is 4. The summed E-state index contributed by atoms with van der Waals surface area (Å²) >= 11 is 0. The molecule has 0 aliphatic carbocycles. The van der Waals surface area contributed by atoms with E-state index in [4.69, 9.17) is 10.9 Å². The fourth-order valence-corrected chi connectivity index (χ4v) is 3.15. The Kier molecular flexibility index (Phi) is 5.03. The van der Waals surface area contributed by atoms with Crippen LogP contribution in [-0.4, -0.2) is 30.6 Å². The van der Waals surface area contributed by atoms with Gasteiger partial charge in [-0.1, -0.05) is 44.0 Å². The number of aryl methyl sites for hydroxylation is 1. The molecule has 0 saturated heterocycles. The quantitative estimate of drug-likeness (QED) is 0.515. The molecule has 8 nitrogen and oxygen atoms in total. The number of carbonyl (C=O) groups is 1. The van der Waals surface area contributed by atoms with E-state index in [0.29, 0.717) is 12.4 Å². The lowest BCUT2D eigenvalue weighted by Crippen LogP contribution is -2.24. The number of hydrogen-bond donors (Lipinski definition) is 1. The average Bonchev–Trinajstić information content (AvgIpc) is 3.39. The molecule has 1 N–H and O–H groups in total. The molecular formula is C23H22N6O2. The first-order chi connectivity index (χ1) is 14.8. The maximum Gasteiger partial charge on any atom is 0.292 e. The normalized spacial score (nSPS) is 11.5. The first-order valence-electron chi connectivity index (χ1n) is 9.78. The van der Waals surface area contributed by atoms with Crippen LogP contribution < -0.4 is 5.32 Å². The Morgan fingerprint density at radius 1 is 1.29 bits per heavy atom. The fraction of sp³-hybridized carbons (Fsp3) is 0.261. The highest BCUT2D eigenvalue weighted by Crippen LogP contribution is 2.25. The second-order valence-corrected chi connectivity index (χ2v) is 8.31. The highest BCUT2D eigenvalue weighted by atomic mass is 16.5. The largest absolute Gasteiger partial charge is 0.345 e. The highest BCUT2D eigenvalue weighted by molar-refractivity contribution is 5.90. The summed E-state index contributed by atoms with van der Waals surface area (Å²) in [6, 6.07) is 7.84. The van der Waals surface area contributed by atoms with Crippen molar-refractivity contribution in [3.63, 3.8) is 0 Å². The topological polar surface area (TPSA) is 98.2 Å². The summed E-state index contributed by atoms with van der Waals surface area (Å²) in [5.74, 6) is 2.69. The second-order valence-electron chi connectivity index (χ2n) is 8.31. The highest BCUT2D eigenvalue weighted by Gasteiger charge is 2.24. The Morgan fingerprint density at radius 3 is 2.77 bits per heavy atom. The van der Waals surface area contributed by atoms with E-state index in [1.165, 1.54) is 6.33 Å². The van der Waals surface area contributed by atoms with Gasteiger partial charge in [0.05, 0.1) is 11.2 Å². The summed E-state index contributed by atoms with van der Waals surface area (Å²) in [7, 11) is 0. The maximum absolute atomic E-state index is 12.4. The van der Waals surface area contributed by atoms with Crippen LogP contribution in [0.15, 0.2) is 41.3 Å². The van der Waals surface area contributed by atoms with Crippen LogP contribution in [0.3, 0.4) is 0 Å². The lowest BCUT2D eigenvalue weighted by atomic mass is 9.97. The average molecular weight is 414 g/mol. The lowest BCUT2D eigenvalue weighted by molar-refractivity contribution is 0.0937. The van der Waals surface area contributed by atoms with Gasteiger partial charge in [-0.25, -0.2) is 9.50 Å². The van der Waals surface area contributed by atoms with Crippen LogP contribution in [-0.2, 0) is 12.0 Å². The molecule has 1 amide bonds. The molecule has 0 saturated carbocycles. The van der Waals surface area contributed by atoms with Gasteiger partial charge < -0.3 is 9.84 Å². The zero-order valence-corrected chi connectivity index (χ0v) is 17.8. The minimum Gasteiger partial charge on any atom is -0.345 e. The maximum atomic E-state index is 12.4. The molecule has 8 heteroatoms. The standard InChI is InChI=1S/C23H22N6O2/c1-6-15-10-18-19(25-13-26-29(18)12-15)16-7-8-17(14(2)9-16)11-24-21(30)20-27-22(31-28-20)23(3,4)5/h1,7-10,12-13H,11H2,2-5H3,(H,24,30). The fourth-order valence-electron chi connectivity index (χ4n) is 3.15. The van der Waals surface area contributed by atoms with Gasteiger partial charge in [-0.3, -0.25) is 4.79 Å². The number of benzene rings is 1. The molecule has 1 aromatic carbocycles. The van der Waals surface area contributed by atoms with Crippen LogP contribution in [0, 0.1) is 19.3 Å².